The molecule has 2 N–H and O–H groups in total. The Morgan fingerprint density at radius 3 is 2.07 bits per heavy atom. The smallest absolute Gasteiger partial charge is 0.234 e. The Balaban J connectivity index is 1.79. The van der Waals surface area contributed by atoms with Gasteiger partial charge in [-0.05, 0) is 42.3 Å². The van der Waals surface area contributed by atoms with Gasteiger partial charge in [0.05, 0.1) is 26.8 Å². The molecule has 3 rings (SSSR count). The number of nitrogens with one attached hydrogen (secondary N) is 2. The number of hydrogen-bond donors (Lipinski definition) is 2. The van der Waals surface area contributed by atoms with E-state index in [1.54, 1.807) is 14.2 Å². The number of nitrogens with zero attached hydrogens (tertiary/aromatic N) is 1. The van der Waals surface area contributed by atoms with E-state index in [0.717, 1.165) is 42.3 Å². The average Bonchev–Trinajstić information content (AvgIpc) is 2.74. The summed E-state index contributed by atoms with van der Waals surface area (Å²) in [4.78, 5) is 15.1. The highest BCUT2D eigenvalue weighted by atomic mass is 16.5. The number of rotatable bonds is 7. The Morgan fingerprint density at radius 1 is 1.07 bits per heavy atom. The molecular formula is C22H29N3O3. The van der Waals surface area contributed by atoms with Crippen molar-refractivity contribution in [3.63, 3.8) is 0 Å². The van der Waals surface area contributed by atoms with Gasteiger partial charge in [-0.1, -0.05) is 24.3 Å². The summed E-state index contributed by atoms with van der Waals surface area (Å²) >= 11 is 0. The van der Waals surface area contributed by atoms with Gasteiger partial charge >= 0.3 is 0 Å². The highest BCUT2D eigenvalue weighted by molar-refractivity contribution is 5.79. The molecular weight excluding hydrogens is 354 g/mol. The molecule has 0 aliphatic carbocycles. The molecule has 1 amide bonds. The molecule has 2 aromatic rings. The topological polar surface area (TPSA) is 62.8 Å². The van der Waals surface area contributed by atoms with Crippen molar-refractivity contribution >= 4 is 5.91 Å². The summed E-state index contributed by atoms with van der Waals surface area (Å²) in [5.41, 5.74) is 2.01. The number of hydrogen-bond acceptors (Lipinski definition) is 5. The van der Waals surface area contributed by atoms with Gasteiger partial charge in [0.15, 0.2) is 0 Å². The van der Waals surface area contributed by atoms with Crippen molar-refractivity contribution in [2.75, 3.05) is 40.4 Å². The molecule has 1 atom stereocenters. The first kappa shape index (κ1) is 20.2. The molecule has 1 aliphatic heterocycles. The number of carbonyl (C=O) groups is 1. The molecule has 6 nitrogen and oxygen atoms in total. The second kappa shape index (κ2) is 9.57. The number of ether oxygens (including phenoxy) is 2. The van der Waals surface area contributed by atoms with E-state index in [0.29, 0.717) is 12.6 Å². The van der Waals surface area contributed by atoms with Crippen LogP contribution in [-0.2, 0) is 4.79 Å². The fourth-order valence-corrected chi connectivity index (χ4v) is 3.46. The zero-order chi connectivity index (χ0) is 19.9. The molecule has 6 heteroatoms. The third kappa shape index (κ3) is 5.03. The van der Waals surface area contributed by atoms with E-state index < -0.39 is 0 Å². The van der Waals surface area contributed by atoms with Crippen LogP contribution in [-0.4, -0.2) is 57.2 Å². The van der Waals surface area contributed by atoms with Crippen LogP contribution >= 0.6 is 0 Å². The first-order valence-corrected chi connectivity index (χ1v) is 9.62. The second-order valence-corrected chi connectivity index (χ2v) is 7.07. The lowest BCUT2D eigenvalue weighted by Gasteiger charge is -2.33. The second-order valence-electron chi connectivity index (χ2n) is 7.07. The summed E-state index contributed by atoms with van der Waals surface area (Å²) in [5.74, 6) is 1.60. The standard InChI is InChI=1S/C22H29N3O3/c1-16-14-23-12-13-25(16)15-21(26)24-22(17-4-8-19(27-2)9-5-17)18-6-10-20(28-3)11-7-18/h4-11,16,22-23H,12-15H2,1-3H3,(H,24,26)/t16-/m1/s1. The molecule has 1 saturated heterocycles. The number of carbonyl (C=O) groups excluding carboxylic acids is 1. The van der Waals surface area contributed by atoms with Gasteiger partial charge < -0.3 is 20.1 Å². The fraction of sp³-hybridized carbons (Fsp3) is 0.409. The Hall–Kier alpha value is -2.57. The molecule has 28 heavy (non-hydrogen) atoms. The summed E-state index contributed by atoms with van der Waals surface area (Å²) in [7, 11) is 3.29. The monoisotopic (exact) mass is 383 g/mol. The van der Waals surface area contributed by atoms with Crippen LogP contribution in [0.4, 0.5) is 0 Å². The van der Waals surface area contributed by atoms with Gasteiger partial charge in [-0.15, -0.1) is 0 Å². The SMILES string of the molecule is COc1ccc(C(NC(=O)CN2CCNC[C@H]2C)c2ccc(OC)cc2)cc1. The molecule has 0 aromatic heterocycles. The molecule has 0 bridgehead atoms. The minimum Gasteiger partial charge on any atom is -0.497 e. The molecule has 0 radical (unpaired) electrons. The zero-order valence-electron chi connectivity index (χ0n) is 16.8. The minimum absolute atomic E-state index is 0.0189. The summed E-state index contributed by atoms with van der Waals surface area (Å²) in [6.45, 7) is 5.24. The van der Waals surface area contributed by atoms with Crippen molar-refractivity contribution < 1.29 is 14.3 Å². The summed E-state index contributed by atoms with van der Waals surface area (Å²) in [6.07, 6.45) is 0. The van der Waals surface area contributed by atoms with Gasteiger partial charge in [0.1, 0.15) is 11.5 Å². The maximum atomic E-state index is 12.8. The van der Waals surface area contributed by atoms with Crippen LogP contribution in [0, 0.1) is 0 Å². The van der Waals surface area contributed by atoms with E-state index in [4.69, 9.17) is 9.47 Å². The van der Waals surface area contributed by atoms with Crippen LogP contribution < -0.4 is 20.1 Å². The summed E-state index contributed by atoms with van der Waals surface area (Å²) in [5, 5.41) is 6.56. The van der Waals surface area contributed by atoms with Crippen LogP contribution in [0.3, 0.4) is 0 Å². The number of methoxy groups -OCH3 is 2. The molecule has 0 unspecified atom stereocenters. The molecule has 1 aliphatic rings. The van der Waals surface area contributed by atoms with Crippen LogP contribution in [0.2, 0.25) is 0 Å². The summed E-state index contributed by atoms with van der Waals surface area (Å²) in [6, 6.07) is 15.7. The first-order chi connectivity index (χ1) is 13.6. The zero-order valence-corrected chi connectivity index (χ0v) is 16.8. The Bertz CT molecular complexity index is 714. The Kier molecular flexibility index (Phi) is 6.90. The third-order valence-electron chi connectivity index (χ3n) is 5.19. The predicted molar refractivity (Wildman–Crippen MR) is 110 cm³/mol. The third-order valence-corrected chi connectivity index (χ3v) is 5.19. The normalized spacial score (nSPS) is 17.4. The van der Waals surface area contributed by atoms with Gasteiger partial charge in [-0.2, -0.15) is 0 Å². The molecule has 1 heterocycles. The van der Waals surface area contributed by atoms with Crippen molar-refractivity contribution in [1.82, 2.24) is 15.5 Å². The average molecular weight is 383 g/mol. The highest BCUT2D eigenvalue weighted by Crippen LogP contribution is 2.26. The van der Waals surface area contributed by atoms with E-state index >= 15 is 0 Å². The van der Waals surface area contributed by atoms with E-state index in [9.17, 15) is 4.79 Å². The molecule has 150 valence electrons. The Morgan fingerprint density at radius 2 is 1.61 bits per heavy atom. The van der Waals surface area contributed by atoms with Gasteiger partial charge in [0, 0.05) is 25.7 Å². The largest absolute Gasteiger partial charge is 0.497 e. The van der Waals surface area contributed by atoms with Gasteiger partial charge in [0.25, 0.3) is 0 Å². The quantitative estimate of drug-likeness (QED) is 0.768. The molecule has 0 spiro atoms. The maximum Gasteiger partial charge on any atom is 0.234 e. The lowest BCUT2D eigenvalue weighted by atomic mass is 9.98. The van der Waals surface area contributed by atoms with Crippen molar-refractivity contribution in [1.29, 1.82) is 0 Å². The van der Waals surface area contributed by atoms with Crippen molar-refractivity contribution in [2.24, 2.45) is 0 Å². The van der Waals surface area contributed by atoms with E-state index in [1.165, 1.54) is 0 Å². The lowest BCUT2D eigenvalue weighted by molar-refractivity contribution is -0.123. The fourth-order valence-electron chi connectivity index (χ4n) is 3.46. The predicted octanol–water partition coefficient (Wildman–Crippen LogP) is 2.20. The van der Waals surface area contributed by atoms with E-state index in [1.807, 2.05) is 48.5 Å². The van der Waals surface area contributed by atoms with E-state index in [2.05, 4.69) is 22.5 Å². The summed E-state index contributed by atoms with van der Waals surface area (Å²) < 4.78 is 10.5. The Labute approximate surface area is 166 Å². The molecule has 1 fully saturated rings. The van der Waals surface area contributed by atoms with E-state index in [-0.39, 0.29) is 11.9 Å². The van der Waals surface area contributed by atoms with Gasteiger partial charge in [0.2, 0.25) is 5.91 Å². The number of piperazine rings is 1. The van der Waals surface area contributed by atoms with Gasteiger partial charge in [-0.25, -0.2) is 0 Å². The van der Waals surface area contributed by atoms with Gasteiger partial charge in [-0.3, -0.25) is 9.69 Å². The van der Waals surface area contributed by atoms with Crippen LogP contribution in [0.25, 0.3) is 0 Å². The maximum absolute atomic E-state index is 12.8. The number of benzene rings is 2. The minimum atomic E-state index is -0.234. The number of amides is 1. The van der Waals surface area contributed by atoms with Crippen molar-refractivity contribution in [2.45, 2.75) is 19.0 Å². The van der Waals surface area contributed by atoms with Crippen LogP contribution in [0.1, 0.15) is 24.1 Å². The highest BCUT2D eigenvalue weighted by Gasteiger charge is 2.23. The van der Waals surface area contributed by atoms with Crippen molar-refractivity contribution in [3.8, 4) is 11.5 Å². The first-order valence-electron chi connectivity index (χ1n) is 9.62. The van der Waals surface area contributed by atoms with Crippen LogP contribution in [0.15, 0.2) is 48.5 Å². The lowest BCUT2D eigenvalue weighted by Crippen LogP contribution is -2.53. The van der Waals surface area contributed by atoms with Crippen molar-refractivity contribution in [3.05, 3.63) is 59.7 Å². The molecule has 0 saturated carbocycles. The molecule has 2 aromatic carbocycles. The van der Waals surface area contributed by atoms with Crippen LogP contribution in [0.5, 0.6) is 11.5 Å².